The Hall–Kier alpha value is -2.25. The predicted molar refractivity (Wildman–Crippen MR) is 96.8 cm³/mol. The predicted octanol–water partition coefficient (Wildman–Crippen LogP) is 1.33. The molecule has 0 bridgehead atoms. The van der Waals surface area contributed by atoms with Gasteiger partial charge in [-0.2, -0.15) is 0 Å². The van der Waals surface area contributed by atoms with Gasteiger partial charge in [0, 0.05) is 19.7 Å². The zero-order valence-electron chi connectivity index (χ0n) is 14.3. The van der Waals surface area contributed by atoms with E-state index in [1.165, 1.54) is 4.90 Å². The standard InChI is InChI=1S/C18H20N2O4S/c1-9(21)14-13-8-12(15(18(23)24)20(13)16(14)22)10-5-4-6-11(7-10)17(25)19(2)3/h4-7,9,13-14,21H,8H2,1-3H3,(H,23,24). The number of carbonyl (C=O) groups is 2. The van der Waals surface area contributed by atoms with Gasteiger partial charge in [-0.25, -0.2) is 4.79 Å². The van der Waals surface area contributed by atoms with Gasteiger partial charge in [-0.3, -0.25) is 4.79 Å². The fourth-order valence-corrected chi connectivity index (χ4v) is 3.75. The van der Waals surface area contributed by atoms with Crippen LogP contribution in [0.2, 0.25) is 0 Å². The van der Waals surface area contributed by atoms with Crippen LogP contribution < -0.4 is 0 Å². The number of aliphatic hydroxyl groups is 1. The SMILES string of the molecule is CC(O)C1C(=O)N2C(C(=O)O)=C(c3cccc(C(=S)N(C)C)c3)CC12. The highest BCUT2D eigenvalue weighted by molar-refractivity contribution is 7.80. The summed E-state index contributed by atoms with van der Waals surface area (Å²) in [5.41, 5.74) is 2.19. The third kappa shape index (κ3) is 2.73. The molecule has 2 aliphatic rings. The zero-order chi connectivity index (χ0) is 18.5. The van der Waals surface area contributed by atoms with Crippen molar-refractivity contribution in [1.82, 2.24) is 9.80 Å². The van der Waals surface area contributed by atoms with Crippen molar-refractivity contribution in [2.24, 2.45) is 5.92 Å². The van der Waals surface area contributed by atoms with Gasteiger partial charge in [0.1, 0.15) is 10.7 Å². The molecule has 132 valence electrons. The maximum atomic E-state index is 12.3. The first-order valence-electron chi connectivity index (χ1n) is 8.03. The van der Waals surface area contributed by atoms with Crippen molar-refractivity contribution in [1.29, 1.82) is 0 Å². The number of amides is 1. The Morgan fingerprint density at radius 1 is 1.40 bits per heavy atom. The zero-order valence-corrected chi connectivity index (χ0v) is 15.1. The molecule has 25 heavy (non-hydrogen) atoms. The summed E-state index contributed by atoms with van der Waals surface area (Å²) in [6.07, 6.45) is -0.378. The second kappa shape index (κ2) is 6.24. The summed E-state index contributed by atoms with van der Waals surface area (Å²) in [5, 5.41) is 19.4. The molecule has 0 aromatic heterocycles. The first-order valence-corrected chi connectivity index (χ1v) is 8.44. The number of benzene rings is 1. The van der Waals surface area contributed by atoms with E-state index < -0.39 is 18.0 Å². The van der Waals surface area contributed by atoms with E-state index >= 15 is 0 Å². The molecule has 0 saturated carbocycles. The van der Waals surface area contributed by atoms with Crippen molar-refractivity contribution in [3.63, 3.8) is 0 Å². The largest absolute Gasteiger partial charge is 0.477 e. The average Bonchev–Trinajstić information content (AvgIpc) is 2.89. The molecule has 1 aromatic carbocycles. The number of rotatable bonds is 4. The normalized spacial score (nSPS) is 23.2. The highest BCUT2D eigenvalue weighted by Crippen LogP contribution is 2.46. The summed E-state index contributed by atoms with van der Waals surface area (Å²) in [4.78, 5) is 27.8. The van der Waals surface area contributed by atoms with Gasteiger partial charge < -0.3 is 20.0 Å². The fraction of sp³-hybridized carbons (Fsp3) is 0.389. The van der Waals surface area contributed by atoms with Crippen molar-refractivity contribution in [3.05, 3.63) is 41.1 Å². The minimum Gasteiger partial charge on any atom is -0.477 e. The van der Waals surface area contributed by atoms with Crippen LogP contribution in [-0.4, -0.2) is 63.1 Å². The number of aliphatic hydroxyl groups excluding tert-OH is 1. The van der Waals surface area contributed by atoms with E-state index in [1.54, 1.807) is 6.92 Å². The van der Waals surface area contributed by atoms with Gasteiger partial charge >= 0.3 is 5.97 Å². The second-order valence-corrected chi connectivity index (χ2v) is 7.05. The Bertz CT molecular complexity index is 800. The molecule has 0 spiro atoms. The molecule has 0 radical (unpaired) electrons. The maximum Gasteiger partial charge on any atom is 0.352 e. The van der Waals surface area contributed by atoms with Crippen LogP contribution in [0.3, 0.4) is 0 Å². The maximum absolute atomic E-state index is 12.3. The van der Waals surface area contributed by atoms with E-state index in [9.17, 15) is 19.8 Å². The molecule has 6 nitrogen and oxygen atoms in total. The topological polar surface area (TPSA) is 81.1 Å². The first kappa shape index (κ1) is 17.6. The highest BCUT2D eigenvalue weighted by Gasteiger charge is 2.56. The van der Waals surface area contributed by atoms with Crippen LogP contribution in [0.5, 0.6) is 0 Å². The number of thiocarbonyl (C=S) groups is 1. The Morgan fingerprint density at radius 3 is 2.64 bits per heavy atom. The van der Waals surface area contributed by atoms with Crippen molar-refractivity contribution >= 4 is 34.7 Å². The lowest BCUT2D eigenvalue weighted by molar-refractivity contribution is -0.161. The second-order valence-electron chi connectivity index (χ2n) is 6.66. The van der Waals surface area contributed by atoms with E-state index in [0.717, 1.165) is 11.1 Å². The summed E-state index contributed by atoms with van der Waals surface area (Å²) in [6, 6.07) is 7.09. The van der Waals surface area contributed by atoms with Gasteiger partial charge in [-0.05, 0) is 30.5 Å². The van der Waals surface area contributed by atoms with Crippen molar-refractivity contribution in [2.75, 3.05) is 14.1 Å². The number of aliphatic carboxylic acids is 1. The van der Waals surface area contributed by atoms with E-state index in [0.29, 0.717) is 17.0 Å². The average molecular weight is 360 g/mol. The number of carboxylic acid groups (broad SMARTS) is 1. The number of carboxylic acids is 1. The van der Waals surface area contributed by atoms with Gasteiger partial charge in [0.05, 0.1) is 18.1 Å². The summed E-state index contributed by atoms with van der Waals surface area (Å²) >= 11 is 5.39. The Kier molecular flexibility index (Phi) is 4.38. The molecule has 1 amide bonds. The van der Waals surface area contributed by atoms with Crippen LogP contribution in [0, 0.1) is 5.92 Å². The van der Waals surface area contributed by atoms with Crippen molar-refractivity contribution in [3.8, 4) is 0 Å². The van der Waals surface area contributed by atoms with E-state index in [1.807, 2.05) is 43.3 Å². The molecule has 0 aliphatic carbocycles. The quantitative estimate of drug-likeness (QED) is 0.623. The fourth-order valence-electron chi connectivity index (χ4n) is 3.63. The molecule has 1 aromatic rings. The van der Waals surface area contributed by atoms with Crippen LogP contribution in [0.1, 0.15) is 24.5 Å². The number of carbonyl (C=O) groups excluding carboxylic acids is 1. The minimum atomic E-state index is -1.13. The lowest BCUT2D eigenvalue weighted by Gasteiger charge is -2.44. The van der Waals surface area contributed by atoms with Gasteiger partial charge in [-0.15, -0.1) is 0 Å². The highest BCUT2D eigenvalue weighted by atomic mass is 32.1. The third-order valence-corrected chi connectivity index (χ3v) is 5.40. The lowest BCUT2D eigenvalue weighted by atomic mass is 9.82. The molecule has 1 saturated heterocycles. The van der Waals surface area contributed by atoms with Gasteiger partial charge in [0.25, 0.3) is 0 Å². The Labute approximate surface area is 151 Å². The molecule has 2 N–H and O–H groups in total. The molecule has 7 heteroatoms. The summed E-state index contributed by atoms with van der Waals surface area (Å²) in [6.45, 7) is 1.56. The number of β-lactam (4-membered cyclic amide) rings is 1. The lowest BCUT2D eigenvalue weighted by Crippen LogP contribution is -2.61. The number of hydrogen-bond donors (Lipinski definition) is 2. The molecule has 3 atom stereocenters. The van der Waals surface area contributed by atoms with Crippen molar-refractivity contribution < 1.29 is 19.8 Å². The van der Waals surface area contributed by atoms with Crippen LogP contribution in [0.15, 0.2) is 30.0 Å². The molecule has 2 aliphatic heterocycles. The van der Waals surface area contributed by atoms with Crippen LogP contribution in [0.25, 0.3) is 5.57 Å². The number of fused-ring (bicyclic) bond motifs is 1. The van der Waals surface area contributed by atoms with Crippen LogP contribution in [-0.2, 0) is 9.59 Å². The summed E-state index contributed by atoms with van der Waals surface area (Å²) < 4.78 is 0. The van der Waals surface area contributed by atoms with Gasteiger partial charge in [-0.1, -0.05) is 30.4 Å². The molecule has 2 heterocycles. The van der Waals surface area contributed by atoms with Crippen molar-refractivity contribution in [2.45, 2.75) is 25.5 Å². The van der Waals surface area contributed by atoms with Crippen LogP contribution >= 0.6 is 12.2 Å². The number of hydrogen-bond acceptors (Lipinski definition) is 4. The molecule has 1 fully saturated rings. The number of nitrogens with zero attached hydrogens (tertiary/aromatic N) is 2. The van der Waals surface area contributed by atoms with E-state index in [2.05, 4.69) is 0 Å². The first-order chi connectivity index (χ1) is 11.7. The molecular weight excluding hydrogens is 340 g/mol. The molecule has 3 unspecified atom stereocenters. The Morgan fingerprint density at radius 2 is 2.08 bits per heavy atom. The monoisotopic (exact) mass is 360 g/mol. The molecule has 3 rings (SSSR count). The molecular formula is C18H20N2O4S. The summed E-state index contributed by atoms with van der Waals surface area (Å²) in [7, 11) is 3.70. The van der Waals surface area contributed by atoms with Gasteiger partial charge in [0.2, 0.25) is 5.91 Å². The minimum absolute atomic E-state index is 0.0137. The summed E-state index contributed by atoms with van der Waals surface area (Å²) in [5.74, 6) is -2.00. The van der Waals surface area contributed by atoms with E-state index in [-0.39, 0.29) is 17.6 Å². The van der Waals surface area contributed by atoms with Gasteiger partial charge in [0.15, 0.2) is 0 Å². The third-order valence-electron chi connectivity index (χ3n) is 4.80. The van der Waals surface area contributed by atoms with E-state index in [4.69, 9.17) is 12.2 Å². The smallest absolute Gasteiger partial charge is 0.352 e. The Balaban J connectivity index is 2.02. The van der Waals surface area contributed by atoms with Crippen LogP contribution in [0.4, 0.5) is 0 Å².